The van der Waals surface area contributed by atoms with Crippen LogP contribution in [0.3, 0.4) is 0 Å². The fraction of sp³-hybridized carbons (Fsp3) is 1.00. The predicted molar refractivity (Wildman–Crippen MR) is 34.0 cm³/mol. The maximum atomic E-state index is 13.2. The van der Waals surface area contributed by atoms with Crippen molar-refractivity contribution < 1.29 is 9.50 Å². The number of hydrogen-bond donors (Lipinski definition) is 1. The first kappa shape index (κ1) is 7.00. The molecule has 1 unspecified atom stereocenters. The summed E-state index contributed by atoms with van der Waals surface area (Å²) in [7, 11) is 0. The van der Waals surface area contributed by atoms with Crippen molar-refractivity contribution >= 4 is 0 Å². The predicted octanol–water partition coefficient (Wildman–Crippen LogP) is 1.65. The van der Waals surface area contributed by atoms with Crippen LogP contribution in [-0.2, 0) is 0 Å². The first-order valence-corrected chi connectivity index (χ1v) is 3.52. The molecule has 1 nitrogen and oxygen atoms in total. The molecule has 54 valence electrons. The summed E-state index contributed by atoms with van der Waals surface area (Å²) in [6.45, 7) is 1.53. The Bertz CT molecular complexity index is 95.1. The average Bonchev–Trinajstić information content (AvgIpc) is 2.16. The van der Waals surface area contributed by atoms with Crippen molar-refractivity contribution in [2.75, 3.05) is 0 Å². The van der Waals surface area contributed by atoms with Gasteiger partial charge in [-0.15, -0.1) is 0 Å². The van der Waals surface area contributed by atoms with Gasteiger partial charge in [0, 0.05) is 0 Å². The SMILES string of the molecule is CC(O)C1(F)CCCC1. The molecule has 1 fully saturated rings. The van der Waals surface area contributed by atoms with Crippen molar-refractivity contribution in [3.8, 4) is 0 Å². The third kappa shape index (κ3) is 1.23. The fourth-order valence-electron chi connectivity index (χ4n) is 1.38. The van der Waals surface area contributed by atoms with E-state index in [0.717, 1.165) is 12.8 Å². The summed E-state index contributed by atoms with van der Waals surface area (Å²) in [6.07, 6.45) is 2.18. The Hall–Kier alpha value is -0.110. The summed E-state index contributed by atoms with van der Waals surface area (Å²) in [6, 6.07) is 0. The highest BCUT2D eigenvalue weighted by molar-refractivity contribution is 4.88. The van der Waals surface area contributed by atoms with E-state index in [4.69, 9.17) is 5.11 Å². The van der Waals surface area contributed by atoms with Gasteiger partial charge in [0.25, 0.3) is 0 Å². The van der Waals surface area contributed by atoms with Gasteiger partial charge in [-0.25, -0.2) is 4.39 Å². The molecule has 0 aliphatic heterocycles. The minimum atomic E-state index is -1.25. The second kappa shape index (κ2) is 2.25. The summed E-state index contributed by atoms with van der Waals surface area (Å²) in [5.41, 5.74) is -1.25. The Balaban J connectivity index is 2.51. The lowest BCUT2D eigenvalue weighted by molar-refractivity contribution is 0.00806. The number of alkyl halides is 1. The van der Waals surface area contributed by atoms with Crippen LogP contribution in [0.2, 0.25) is 0 Å². The Morgan fingerprint density at radius 1 is 1.44 bits per heavy atom. The molecule has 0 spiro atoms. The topological polar surface area (TPSA) is 20.2 Å². The van der Waals surface area contributed by atoms with E-state index < -0.39 is 11.8 Å². The van der Waals surface area contributed by atoms with E-state index in [2.05, 4.69) is 0 Å². The first-order chi connectivity index (χ1) is 4.15. The maximum Gasteiger partial charge on any atom is 0.136 e. The van der Waals surface area contributed by atoms with Gasteiger partial charge in [0.1, 0.15) is 5.67 Å². The van der Waals surface area contributed by atoms with Crippen LogP contribution < -0.4 is 0 Å². The third-order valence-electron chi connectivity index (χ3n) is 2.18. The molecule has 9 heavy (non-hydrogen) atoms. The van der Waals surface area contributed by atoms with E-state index in [-0.39, 0.29) is 0 Å². The van der Waals surface area contributed by atoms with Gasteiger partial charge in [-0.3, -0.25) is 0 Å². The Kier molecular flexibility index (Phi) is 1.75. The highest BCUT2D eigenvalue weighted by atomic mass is 19.1. The molecule has 0 aromatic carbocycles. The molecule has 1 aliphatic carbocycles. The Morgan fingerprint density at radius 2 is 1.89 bits per heavy atom. The number of aliphatic hydroxyl groups is 1. The summed E-state index contributed by atoms with van der Waals surface area (Å²) >= 11 is 0. The van der Waals surface area contributed by atoms with Crippen molar-refractivity contribution in [1.82, 2.24) is 0 Å². The normalized spacial score (nSPS) is 28.3. The maximum absolute atomic E-state index is 13.2. The van der Waals surface area contributed by atoms with Gasteiger partial charge >= 0.3 is 0 Å². The minimum absolute atomic E-state index is 0.546. The lowest BCUT2D eigenvalue weighted by atomic mass is 9.99. The standard InChI is InChI=1S/C7H13FO/c1-6(9)7(8)4-2-3-5-7/h6,9H,2-5H2,1H3. The number of rotatable bonds is 1. The summed E-state index contributed by atoms with van der Waals surface area (Å²) < 4.78 is 13.2. The smallest absolute Gasteiger partial charge is 0.136 e. The number of hydrogen-bond acceptors (Lipinski definition) is 1. The van der Waals surface area contributed by atoms with E-state index in [9.17, 15) is 4.39 Å². The molecule has 1 aliphatic rings. The monoisotopic (exact) mass is 132 g/mol. The minimum Gasteiger partial charge on any atom is -0.390 e. The molecule has 1 N–H and O–H groups in total. The first-order valence-electron chi connectivity index (χ1n) is 3.52. The molecule has 0 saturated heterocycles. The van der Waals surface area contributed by atoms with Crippen LogP contribution in [0.1, 0.15) is 32.6 Å². The Morgan fingerprint density at radius 3 is 2.11 bits per heavy atom. The highest BCUT2D eigenvalue weighted by Gasteiger charge is 2.37. The highest BCUT2D eigenvalue weighted by Crippen LogP contribution is 2.35. The van der Waals surface area contributed by atoms with E-state index in [1.807, 2.05) is 0 Å². The van der Waals surface area contributed by atoms with Crippen LogP contribution in [0, 0.1) is 0 Å². The van der Waals surface area contributed by atoms with Crippen LogP contribution in [0.25, 0.3) is 0 Å². The summed E-state index contributed by atoms with van der Waals surface area (Å²) in [4.78, 5) is 0. The van der Waals surface area contributed by atoms with E-state index in [1.54, 1.807) is 0 Å². The molecule has 0 heterocycles. The van der Waals surface area contributed by atoms with Crippen molar-refractivity contribution in [3.05, 3.63) is 0 Å². The molecule has 0 aromatic heterocycles. The van der Waals surface area contributed by atoms with E-state index >= 15 is 0 Å². The van der Waals surface area contributed by atoms with Gasteiger partial charge in [0.2, 0.25) is 0 Å². The van der Waals surface area contributed by atoms with Crippen molar-refractivity contribution in [3.63, 3.8) is 0 Å². The van der Waals surface area contributed by atoms with Crippen LogP contribution in [0.15, 0.2) is 0 Å². The van der Waals surface area contributed by atoms with Crippen LogP contribution in [-0.4, -0.2) is 16.9 Å². The fourth-order valence-corrected chi connectivity index (χ4v) is 1.38. The lowest BCUT2D eigenvalue weighted by Crippen LogP contribution is -2.32. The zero-order valence-corrected chi connectivity index (χ0v) is 5.73. The molecule has 0 radical (unpaired) electrons. The Labute approximate surface area is 54.9 Å². The van der Waals surface area contributed by atoms with Gasteiger partial charge in [0.05, 0.1) is 6.10 Å². The van der Waals surface area contributed by atoms with Gasteiger partial charge in [-0.05, 0) is 19.8 Å². The third-order valence-corrected chi connectivity index (χ3v) is 2.18. The van der Waals surface area contributed by atoms with Gasteiger partial charge in [0.15, 0.2) is 0 Å². The van der Waals surface area contributed by atoms with E-state index in [1.165, 1.54) is 6.92 Å². The molecule has 1 rings (SSSR count). The van der Waals surface area contributed by atoms with Crippen LogP contribution >= 0.6 is 0 Å². The lowest BCUT2D eigenvalue weighted by Gasteiger charge is -2.21. The molecule has 1 saturated carbocycles. The second-order valence-electron chi connectivity index (χ2n) is 2.92. The molecule has 1 atom stereocenters. The van der Waals surface area contributed by atoms with Gasteiger partial charge in [-0.1, -0.05) is 12.8 Å². The number of halogens is 1. The second-order valence-corrected chi connectivity index (χ2v) is 2.92. The molecule has 0 bridgehead atoms. The number of aliphatic hydroxyl groups excluding tert-OH is 1. The zero-order chi connectivity index (χ0) is 6.91. The molecular formula is C7H13FO. The molecule has 2 heteroatoms. The van der Waals surface area contributed by atoms with Gasteiger partial charge < -0.3 is 5.11 Å². The molecular weight excluding hydrogens is 119 g/mol. The molecule has 0 aromatic rings. The largest absolute Gasteiger partial charge is 0.390 e. The summed E-state index contributed by atoms with van der Waals surface area (Å²) in [5.74, 6) is 0. The van der Waals surface area contributed by atoms with Crippen molar-refractivity contribution in [2.45, 2.75) is 44.4 Å². The molecule has 0 amide bonds. The summed E-state index contributed by atoms with van der Waals surface area (Å²) in [5, 5.41) is 8.94. The van der Waals surface area contributed by atoms with Crippen molar-refractivity contribution in [1.29, 1.82) is 0 Å². The average molecular weight is 132 g/mol. The van der Waals surface area contributed by atoms with Crippen molar-refractivity contribution in [2.24, 2.45) is 0 Å². The van der Waals surface area contributed by atoms with Gasteiger partial charge in [-0.2, -0.15) is 0 Å². The van der Waals surface area contributed by atoms with E-state index in [0.29, 0.717) is 12.8 Å². The zero-order valence-electron chi connectivity index (χ0n) is 5.73. The van der Waals surface area contributed by atoms with Crippen LogP contribution in [0.4, 0.5) is 4.39 Å². The quantitative estimate of drug-likeness (QED) is 0.575. The van der Waals surface area contributed by atoms with Crippen LogP contribution in [0.5, 0.6) is 0 Å².